The largest absolute Gasteiger partial charge is 0.384 e. The zero-order chi connectivity index (χ0) is 14.5. The number of carbonyl (C=O) groups is 1. The van der Waals surface area contributed by atoms with Crippen molar-refractivity contribution in [2.24, 2.45) is 7.05 Å². The molecule has 1 aromatic heterocycles. The summed E-state index contributed by atoms with van der Waals surface area (Å²) in [5.74, 6) is 5.37. The van der Waals surface area contributed by atoms with E-state index in [2.05, 4.69) is 27.2 Å². The van der Waals surface area contributed by atoms with Crippen molar-refractivity contribution in [3.63, 3.8) is 0 Å². The minimum absolute atomic E-state index is 0.252. The Balaban J connectivity index is 2.32. The van der Waals surface area contributed by atoms with E-state index in [1.165, 1.54) is 11.0 Å². The number of amides is 1. The number of aliphatic hydroxyl groups is 1. The van der Waals surface area contributed by atoms with Crippen LogP contribution < -0.4 is 5.32 Å². The molecule has 20 heavy (non-hydrogen) atoms. The lowest BCUT2D eigenvalue weighted by atomic mass is 10.0. The summed E-state index contributed by atoms with van der Waals surface area (Å²) < 4.78 is 1.46. The highest BCUT2D eigenvalue weighted by atomic mass is 16.2. The highest BCUT2D eigenvalue weighted by molar-refractivity contribution is 6.05. The van der Waals surface area contributed by atoms with Gasteiger partial charge in [-0.3, -0.25) is 10.1 Å². The summed E-state index contributed by atoms with van der Waals surface area (Å²) in [4.78, 5) is 16.2. The van der Waals surface area contributed by atoms with E-state index in [-0.39, 0.29) is 12.5 Å². The van der Waals surface area contributed by atoms with Crippen molar-refractivity contribution < 1.29 is 9.90 Å². The van der Waals surface area contributed by atoms with Gasteiger partial charge in [0.25, 0.3) is 5.91 Å². The molecule has 0 spiro atoms. The van der Waals surface area contributed by atoms with Crippen LogP contribution >= 0.6 is 0 Å². The predicted molar refractivity (Wildman–Crippen MR) is 74.1 cm³/mol. The van der Waals surface area contributed by atoms with Gasteiger partial charge in [0, 0.05) is 12.6 Å². The fraction of sp³-hybridized carbons (Fsp3) is 0.214. The van der Waals surface area contributed by atoms with Crippen LogP contribution in [0.4, 0.5) is 5.95 Å². The maximum atomic E-state index is 12.2. The highest BCUT2D eigenvalue weighted by Gasteiger charge is 2.13. The minimum atomic E-state index is -0.316. The SMILES string of the molecule is Cc1ccc(C(=O)Nc2ncnn2C)c(C#CCO)c1. The van der Waals surface area contributed by atoms with Gasteiger partial charge in [-0.05, 0) is 24.6 Å². The third-order valence-electron chi connectivity index (χ3n) is 2.66. The summed E-state index contributed by atoms with van der Waals surface area (Å²) in [6.07, 6.45) is 1.36. The first kappa shape index (κ1) is 13.8. The number of nitrogens with one attached hydrogen (secondary N) is 1. The molecule has 102 valence electrons. The molecule has 1 heterocycles. The van der Waals surface area contributed by atoms with Crippen LogP contribution in [0.1, 0.15) is 21.5 Å². The standard InChI is InChI=1S/C14H14N4O2/c1-10-5-6-12(11(8-10)4-3-7-19)13(20)17-14-15-9-16-18(14)2/h5-6,8-9,19H,7H2,1-2H3,(H,15,16,17,20). The third-order valence-corrected chi connectivity index (χ3v) is 2.66. The number of hydrogen-bond acceptors (Lipinski definition) is 4. The number of anilines is 1. The fourth-order valence-electron chi connectivity index (χ4n) is 1.67. The molecule has 6 heteroatoms. The van der Waals surface area contributed by atoms with Gasteiger partial charge in [-0.15, -0.1) is 0 Å². The van der Waals surface area contributed by atoms with Crippen molar-refractivity contribution in [3.05, 3.63) is 41.2 Å². The second kappa shape index (κ2) is 5.99. The summed E-state index contributed by atoms with van der Waals surface area (Å²) in [6, 6.07) is 5.33. The zero-order valence-corrected chi connectivity index (χ0v) is 11.2. The van der Waals surface area contributed by atoms with Crippen molar-refractivity contribution in [2.75, 3.05) is 11.9 Å². The number of nitrogens with zero attached hydrogens (tertiary/aromatic N) is 3. The summed E-state index contributed by atoms with van der Waals surface area (Å²) in [5.41, 5.74) is 1.99. The van der Waals surface area contributed by atoms with Gasteiger partial charge < -0.3 is 5.11 Å². The molecule has 6 nitrogen and oxygen atoms in total. The lowest BCUT2D eigenvalue weighted by Crippen LogP contribution is -2.16. The Morgan fingerprint density at radius 1 is 1.50 bits per heavy atom. The number of rotatable bonds is 2. The van der Waals surface area contributed by atoms with Crippen molar-refractivity contribution in [1.82, 2.24) is 14.8 Å². The Hall–Kier alpha value is -2.65. The molecule has 0 atom stereocenters. The molecular formula is C14H14N4O2. The first-order valence-electron chi connectivity index (χ1n) is 5.97. The van der Waals surface area contributed by atoms with Crippen LogP contribution in [0.15, 0.2) is 24.5 Å². The maximum absolute atomic E-state index is 12.2. The normalized spacial score (nSPS) is 9.75. The van der Waals surface area contributed by atoms with E-state index in [1.807, 2.05) is 13.0 Å². The molecule has 2 rings (SSSR count). The van der Waals surface area contributed by atoms with Gasteiger partial charge in [0.2, 0.25) is 5.95 Å². The summed E-state index contributed by atoms with van der Waals surface area (Å²) in [7, 11) is 1.68. The Morgan fingerprint density at radius 3 is 2.95 bits per heavy atom. The van der Waals surface area contributed by atoms with E-state index in [0.717, 1.165) is 5.56 Å². The quantitative estimate of drug-likeness (QED) is 0.788. The lowest BCUT2D eigenvalue weighted by Gasteiger charge is -2.07. The molecule has 1 aromatic carbocycles. The Bertz CT molecular complexity index is 695. The molecular weight excluding hydrogens is 256 g/mol. The first-order valence-corrected chi connectivity index (χ1v) is 5.97. The molecule has 0 aliphatic carbocycles. The molecule has 1 amide bonds. The van der Waals surface area contributed by atoms with Crippen LogP contribution in [0.25, 0.3) is 0 Å². The van der Waals surface area contributed by atoms with Crippen molar-refractivity contribution >= 4 is 11.9 Å². The number of carbonyl (C=O) groups excluding carboxylic acids is 1. The number of aromatic nitrogens is 3. The third kappa shape index (κ3) is 3.02. The average molecular weight is 270 g/mol. The second-order valence-electron chi connectivity index (χ2n) is 4.17. The van der Waals surface area contributed by atoms with Crippen molar-refractivity contribution in [3.8, 4) is 11.8 Å². The molecule has 0 fully saturated rings. The Kier molecular flexibility index (Phi) is 4.13. The monoisotopic (exact) mass is 270 g/mol. The predicted octanol–water partition coefficient (Wildman–Crippen LogP) is 0.720. The maximum Gasteiger partial charge on any atom is 0.259 e. The van der Waals surface area contributed by atoms with E-state index in [0.29, 0.717) is 17.1 Å². The van der Waals surface area contributed by atoms with E-state index >= 15 is 0 Å². The molecule has 0 unspecified atom stereocenters. The summed E-state index contributed by atoms with van der Waals surface area (Å²) in [5, 5.41) is 15.3. The van der Waals surface area contributed by atoms with Crippen molar-refractivity contribution in [1.29, 1.82) is 0 Å². The average Bonchev–Trinajstić information content (AvgIpc) is 2.82. The van der Waals surface area contributed by atoms with Crippen LogP contribution in [0.5, 0.6) is 0 Å². The van der Waals surface area contributed by atoms with Crippen molar-refractivity contribution in [2.45, 2.75) is 6.92 Å². The smallest absolute Gasteiger partial charge is 0.259 e. The number of aliphatic hydroxyl groups excluding tert-OH is 1. The molecule has 0 saturated carbocycles. The van der Waals surface area contributed by atoms with Gasteiger partial charge in [0.1, 0.15) is 12.9 Å². The van der Waals surface area contributed by atoms with Gasteiger partial charge in [-0.25, -0.2) is 4.68 Å². The molecule has 0 aliphatic rings. The second-order valence-corrected chi connectivity index (χ2v) is 4.17. The van der Waals surface area contributed by atoms with Gasteiger partial charge in [-0.2, -0.15) is 10.1 Å². The molecule has 2 aromatic rings. The fourth-order valence-corrected chi connectivity index (χ4v) is 1.67. The van der Waals surface area contributed by atoms with Crippen LogP contribution in [-0.4, -0.2) is 32.4 Å². The van der Waals surface area contributed by atoms with E-state index in [1.54, 1.807) is 19.2 Å². The summed E-state index contributed by atoms with van der Waals surface area (Å²) in [6.45, 7) is 1.66. The Labute approximate surface area is 116 Å². The molecule has 0 aliphatic heterocycles. The topological polar surface area (TPSA) is 80.0 Å². The van der Waals surface area contributed by atoms with Gasteiger partial charge in [0.15, 0.2) is 0 Å². The van der Waals surface area contributed by atoms with Crippen LogP contribution in [0, 0.1) is 18.8 Å². The number of hydrogen-bond donors (Lipinski definition) is 2. The van der Waals surface area contributed by atoms with Crippen LogP contribution in [0.2, 0.25) is 0 Å². The Morgan fingerprint density at radius 2 is 2.30 bits per heavy atom. The molecule has 0 radical (unpaired) electrons. The summed E-state index contributed by atoms with van der Waals surface area (Å²) >= 11 is 0. The zero-order valence-electron chi connectivity index (χ0n) is 11.2. The minimum Gasteiger partial charge on any atom is -0.384 e. The lowest BCUT2D eigenvalue weighted by molar-refractivity contribution is 0.102. The highest BCUT2D eigenvalue weighted by Crippen LogP contribution is 2.12. The number of benzene rings is 1. The van der Waals surface area contributed by atoms with Gasteiger partial charge >= 0.3 is 0 Å². The molecule has 2 N–H and O–H groups in total. The van der Waals surface area contributed by atoms with Gasteiger partial charge in [0.05, 0.1) is 5.56 Å². The van der Waals surface area contributed by atoms with Crippen LogP contribution in [0.3, 0.4) is 0 Å². The van der Waals surface area contributed by atoms with Gasteiger partial charge in [-0.1, -0.05) is 17.9 Å². The number of aryl methyl sites for hydroxylation is 2. The van der Waals surface area contributed by atoms with Crippen LogP contribution in [-0.2, 0) is 7.05 Å². The molecule has 0 saturated heterocycles. The first-order chi connectivity index (χ1) is 9.61. The van der Waals surface area contributed by atoms with E-state index < -0.39 is 0 Å². The van der Waals surface area contributed by atoms with E-state index in [9.17, 15) is 4.79 Å². The van der Waals surface area contributed by atoms with E-state index in [4.69, 9.17) is 5.11 Å². The molecule has 0 bridgehead atoms.